The van der Waals surface area contributed by atoms with Crippen LogP contribution >= 0.6 is 0 Å². The van der Waals surface area contributed by atoms with E-state index < -0.39 is 28.5 Å². The Balaban J connectivity index is 1.77. The van der Waals surface area contributed by atoms with Gasteiger partial charge in [-0.15, -0.1) is 0 Å². The Morgan fingerprint density at radius 3 is 2.15 bits per heavy atom. The van der Waals surface area contributed by atoms with Gasteiger partial charge in [0.2, 0.25) is 5.91 Å². The standard InChI is InChI=1S/C31H32N2O5S/c1-22-14-17-26(18-15-22)39(35,36)33(28-20-25(37-3)16-19-29(28)38-4)21-30(34)32-31(24-11-6-5-7-12-24)27-13-9-8-10-23(27)2/h5-20,31H,21H2,1-4H3,(H,32,34). The molecule has 0 aliphatic carbocycles. The highest BCUT2D eigenvalue weighted by atomic mass is 32.2. The van der Waals surface area contributed by atoms with E-state index in [1.807, 2.05) is 68.4 Å². The molecule has 0 aliphatic heterocycles. The predicted octanol–water partition coefficient (Wildman–Crippen LogP) is 5.42. The second-order valence-corrected chi connectivity index (χ2v) is 11.0. The van der Waals surface area contributed by atoms with Crippen molar-refractivity contribution in [1.29, 1.82) is 0 Å². The third-order valence-corrected chi connectivity index (χ3v) is 8.26. The van der Waals surface area contributed by atoms with Gasteiger partial charge in [0.25, 0.3) is 10.0 Å². The minimum Gasteiger partial charge on any atom is -0.497 e. The summed E-state index contributed by atoms with van der Waals surface area (Å²) in [6.07, 6.45) is 0. The van der Waals surface area contributed by atoms with E-state index in [0.29, 0.717) is 5.75 Å². The lowest BCUT2D eigenvalue weighted by Crippen LogP contribution is -2.42. The summed E-state index contributed by atoms with van der Waals surface area (Å²) in [5.41, 5.74) is 3.92. The molecule has 39 heavy (non-hydrogen) atoms. The number of amides is 1. The molecule has 1 atom stereocenters. The van der Waals surface area contributed by atoms with Crippen molar-refractivity contribution in [3.63, 3.8) is 0 Å². The van der Waals surface area contributed by atoms with Crippen molar-refractivity contribution in [3.8, 4) is 11.5 Å². The molecule has 0 radical (unpaired) electrons. The number of ether oxygens (including phenoxy) is 2. The molecule has 0 saturated carbocycles. The SMILES string of the molecule is COc1ccc(OC)c(N(CC(=O)NC(c2ccccc2)c2ccccc2C)S(=O)(=O)c2ccc(C)cc2)c1. The largest absolute Gasteiger partial charge is 0.497 e. The number of carbonyl (C=O) groups excluding carboxylic acids is 1. The molecule has 202 valence electrons. The van der Waals surface area contributed by atoms with E-state index in [4.69, 9.17) is 9.47 Å². The number of carbonyl (C=O) groups is 1. The summed E-state index contributed by atoms with van der Waals surface area (Å²) in [7, 11) is -1.22. The molecule has 0 fully saturated rings. The average Bonchev–Trinajstić information content (AvgIpc) is 2.95. The molecule has 0 heterocycles. The van der Waals surface area contributed by atoms with E-state index in [2.05, 4.69) is 5.32 Å². The highest BCUT2D eigenvalue weighted by Gasteiger charge is 2.31. The van der Waals surface area contributed by atoms with Crippen molar-refractivity contribution in [1.82, 2.24) is 5.32 Å². The van der Waals surface area contributed by atoms with Crippen LogP contribution in [0.15, 0.2) is 102 Å². The third-order valence-electron chi connectivity index (χ3n) is 6.49. The Kier molecular flexibility index (Phi) is 8.56. The summed E-state index contributed by atoms with van der Waals surface area (Å²) in [5.74, 6) is 0.239. The summed E-state index contributed by atoms with van der Waals surface area (Å²) in [5, 5.41) is 3.07. The summed E-state index contributed by atoms with van der Waals surface area (Å²) in [6.45, 7) is 3.38. The number of nitrogens with one attached hydrogen (secondary N) is 1. The van der Waals surface area contributed by atoms with Crippen LogP contribution in [-0.4, -0.2) is 35.1 Å². The number of anilines is 1. The molecule has 1 N–H and O–H groups in total. The van der Waals surface area contributed by atoms with Crippen LogP contribution in [0.25, 0.3) is 0 Å². The molecule has 7 nitrogen and oxygen atoms in total. The molecule has 1 amide bonds. The second kappa shape index (κ2) is 12.0. The first kappa shape index (κ1) is 27.7. The number of benzene rings is 4. The lowest BCUT2D eigenvalue weighted by atomic mass is 9.95. The molecule has 0 bridgehead atoms. The number of methoxy groups -OCH3 is 2. The van der Waals surface area contributed by atoms with Crippen LogP contribution in [0.2, 0.25) is 0 Å². The summed E-state index contributed by atoms with van der Waals surface area (Å²) < 4.78 is 39.9. The zero-order valence-corrected chi connectivity index (χ0v) is 23.2. The highest BCUT2D eigenvalue weighted by molar-refractivity contribution is 7.92. The Hall–Kier alpha value is -4.30. The molecule has 0 aliphatic rings. The zero-order chi connectivity index (χ0) is 28.0. The topological polar surface area (TPSA) is 84.9 Å². The fourth-order valence-corrected chi connectivity index (χ4v) is 5.79. The van der Waals surface area contributed by atoms with Crippen LogP contribution in [0.1, 0.15) is 28.3 Å². The Morgan fingerprint density at radius 2 is 1.51 bits per heavy atom. The monoisotopic (exact) mass is 544 g/mol. The van der Waals surface area contributed by atoms with E-state index in [1.165, 1.54) is 26.4 Å². The minimum atomic E-state index is -4.16. The number of hydrogen-bond acceptors (Lipinski definition) is 5. The van der Waals surface area contributed by atoms with Crippen molar-refractivity contribution in [2.75, 3.05) is 25.1 Å². The van der Waals surface area contributed by atoms with Gasteiger partial charge in [0.05, 0.1) is 30.8 Å². The third kappa shape index (κ3) is 6.23. The van der Waals surface area contributed by atoms with Gasteiger partial charge in [-0.1, -0.05) is 72.3 Å². The van der Waals surface area contributed by atoms with E-state index in [0.717, 1.165) is 26.6 Å². The highest BCUT2D eigenvalue weighted by Crippen LogP contribution is 2.36. The first-order valence-electron chi connectivity index (χ1n) is 12.5. The second-order valence-electron chi connectivity index (χ2n) is 9.13. The molecule has 4 aromatic rings. The summed E-state index contributed by atoms with van der Waals surface area (Å²) in [6, 6.07) is 28.2. The molecule has 8 heteroatoms. The number of nitrogens with zero attached hydrogens (tertiary/aromatic N) is 1. The maximum atomic E-state index is 14.0. The smallest absolute Gasteiger partial charge is 0.264 e. The Bertz CT molecular complexity index is 1540. The Labute approximate surface area is 230 Å². The van der Waals surface area contributed by atoms with Crippen LogP contribution in [0, 0.1) is 13.8 Å². The number of hydrogen-bond donors (Lipinski definition) is 1. The fraction of sp³-hybridized carbons (Fsp3) is 0.194. The quantitative estimate of drug-likeness (QED) is 0.288. The van der Waals surface area contributed by atoms with Crippen LogP contribution < -0.4 is 19.1 Å². The van der Waals surface area contributed by atoms with Crippen molar-refractivity contribution >= 4 is 21.6 Å². The van der Waals surface area contributed by atoms with Crippen molar-refractivity contribution in [2.24, 2.45) is 0 Å². The molecule has 4 aromatic carbocycles. The van der Waals surface area contributed by atoms with Crippen LogP contribution in [-0.2, 0) is 14.8 Å². The average molecular weight is 545 g/mol. The molecule has 1 unspecified atom stereocenters. The van der Waals surface area contributed by atoms with Gasteiger partial charge >= 0.3 is 0 Å². The van der Waals surface area contributed by atoms with Gasteiger partial charge in [-0.2, -0.15) is 0 Å². The molecule has 0 saturated heterocycles. The zero-order valence-electron chi connectivity index (χ0n) is 22.4. The molecule has 0 aromatic heterocycles. The van der Waals surface area contributed by atoms with Gasteiger partial charge in [-0.3, -0.25) is 9.10 Å². The van der Waals surface area contributed by atoms with Crippen LogP contribution in [0.4, 0.5) is 5.69 Å². The molecule has 4 rings (SSSR count). The van der Waals surface area contributed by atoms with Gasteiger partial charge in [-0.05, 0) is 54.8 Å². The lowest BCUT2D eigenvalue weighted by Gasteiger charge is -2.28. The molecule has 0 spiro atoms. The van der Waals surface area contributed by atoms with Crippen LogP contribution in [0.5, 0.6) is 11.5 Å². The maximum Gasteiger partial charge on any atom is 0.264 e. The summed E-state index contributed by atoms with van der Waals surface area (Å²) in [4.78, 5) is 13.8. The van der Waals surface area contributed by atoms with E-state index in [9.17, 15) is 13.2 Å². The molecular weight excluding hydrogens is 512 g/mol. The fourth-order valence-electron chi connectivity index (χ4n) is 4.36. The van der Waals surface area contributed by atoms with Gasteiger partial charge in [0.1, 0.15) is 18.0 Å². The number of sulfonamides is 1. The van der Waals surface area contributed by atoms with Gasteiger partial charge < -0.3 is 14.8 Å². The van der Waals surface area contributed by atoms with Crippen molar-refractivity contribution in [3.05, 3.63) is 119 Å². The van der Waals surface area contributed by atoms with Gasteiger partial charge in [-0.25, -0.2) is 8.42 Å². The summed E-state index contributed by atoms with van der Waals surface area (Å²) >= 11 is 0. The minimum absolute atomic E-state index is 0.0595. The van der Waals surface area contributed by atoms with Gasteiger partial charge in [0.15, 0.2) is 0 Å². The molecular formula is C31H32N2O5S. The van der Waals surface area contributed by atoms with Crippen LogP contribution in [0.3, 0.4) is 0 Å². The lowest BCUT2D eigenvalue weighted by molar-refractivity contribution is -0.120. The maximum absolute atomic E-state index is 14.0. The first-order valence-corrected chi connectivity index (χ1v) is 13.9. The predicted molar refractivity (Wildman–Crippen MR) is 153 cm³/mol. The number of rotatable bonds is 10. The van der Waals surface area contributed by atoms with E-state index in [1.54, 1.807) is 30.3 Å². The normalized spacial score (nSPS) is 11.9. The Morgan fingerprint density at radius 1 is 0.846 bits per heavy atom. The first-order chi connectivity index (χ1) is 18.7. The number of aryl methyl sites for hydroxylation is 2. The van der Waals surface area contributed by atoms with Gasteiger partial charge in [0, 0.05) is 6.07 Å². The van der Waals surface area contributed by atoms with Crippen molar-refractivity contribution < 1.29 is 22.7 Å². The van der Waals surface area contributed by atoms with Crippen molar-refractivity contribution in [2.45, 2.75) is 24.8 Å². The van der Waals surface area contributed by atoms with E-state index >= 15 is 0 Å². The van der Waals surface area contributed by atoms with E-state index in [-0.39, 0.29) is 16.3 Å².